The van der Waals surface area contributed by atoms with E-state index >= 15 is 0 Å². The van der Waals surface area contributed by atoms with Gasteiger partial charge in [0.2, 0.25) is 12.1 Å². The van der Waals surface area contributed by atoms with E-state index in [1.807, 2.05) is 0 Å². The van der Waals surface area contributed by atoms with Crippen LogP contribution in [0.15, 0.2) is 47.5 Å². The van der Waals surface area contributed by atoms with Gasteiger partial charge >= 0.3 is 0 Å². The summed E-state index contributed by atoms with van der Waals surface area (Å²) in [5, 5.41) is 2.94. The Morgan fingerprint density at radius 3 is 2.68 bits per heavy atom. The van der Waals surface area contributed by atoms with Gasteiger partial charge < -0.3 is 10.6 Å². The van der Waals surface area contributed by atoms with Gasteiger partial charge in [0.25, 0.3) is 11.6 Å². The Hall–Kier alpha value is -2.59. The number of anilines is 1. The van der Waals surface area contributed by atoms with Crippen molar-refractivity contribution in [2.45, 2.75) is 11.7 Å². The summed E-state index contributed by atoms with van der Waals surface area (Å²) < 4.78 is 14.8. The van der Waals surface area contributed by atoms with Crippen LogP contribution >= 0.6 is 24.2 Å². The zero-order valence-corrected chi connectivity index (χ0v) is 18.1. The van der Waals surface area contributed by atoms with Crippen LogP contribution in [0.5, 0.6) is 0 Å². The summed E-state index contributed by atoms with van der Waals surface area (Å²) in [7, 11) is 1.36. The minimum atomic E-state index is -2.22. The normalized spacial score (nSPS) is 19.3. The monoisotopic (exact) mass is 461 g/mol. The van der Waals surface area contributed by atoms with Crippen LogP contribution in [-0.2, 0) is 14.4 Å². The molecule has 7 nitrogen and oxygen atoms in total. The number of nitrogens with two attached hydrogens (primary N) is 1. The lowest BCUT2D eigenvalue weighted by Gasteiger charge is -2.32. The van der Waals surface area contributed by atoms with Crippen molar-refractivity contribution in [1.29, 1.82) is 0 Å². The van der Waals surface area contributed by atoms with Crippen molar-refractivity contribution in [2.24, 2.45) is 10.7 Å². The number of aliphatic imine (C=N–C) groups is 1. The quantitative estimate of drug-likeness (QED) is 0.428. The van der Waals surface area contributed by atoms with Crippen LogP contribution in [0.25, 0.3) is 0 Å². The van der Waals surface area contributed by atoms with E-state index in [1.165, 1.54) is 43.4 Å². The van der Waals surface area contributed by atoms with Crippen molar-refractivity contribution in [3.8, 4) is 0 Å². The number of thiol groups is 1. The van der Waals surface area contributed by atoms with Gasteiger partial charge in [0.05, 0.1) is 24.0 Å². The zero-order chi connectivity index (χ0) is 22.8. The molecule has 2 unspecified atom stereocenters. The molecule has 2 aromatic rings. The molecule has 1 radical (unpaired) electrons. The number of hydrogen-bond acceptors (Lipinski definition) is 7. The fourth-order valence-corrected chi connectivity index (χ4v) is 3.73. The Kier molecular flexibility index (Phi) is 6.90. The number of rotatable bonds is 7. The average molecular weight is 462 g/mol. The van der Waals surface area contributed by atoms with Gasteiger partial charge in [-0.15, -0.1) is 0 Å². The number of amides is 1. The van der Waals surface area contributed by atoms with Gasteiger partial charge in [0, 0.05) is 21.9 Å². The van der Waals surface area contributed by atoms with E-state index in [1.54, 1.807) is 12.4 Å². The van der Waals surface area contributed by atoms with Gasteiger partial charge in [-0.25, -0.2) is 9.38 Å². The largest absolute Gasteiger partial charge is 0.321 e. The molecule has 2 atom stereocenters. The summed E-state index contributed by atoms with van der Waals surface area (Å²) in [4.78, 5) is 43.7. The fraction of sp³-hybridized carbons (Fsp3) is 0.238. The Morgan fingerprint density at radius 1 is 1.35 bits per heavy atom. The molecule has 31 heavy (non-hydrogen) atoms. The maximum Gasteiger partial charge on any atom is 0.278 e. The average Bonchev–Trinajstić information content (AvgIpc) is 2.87. The first kappa shape index (κ1) is 23.1. The fourth-order valence-electron chi connectivity index (χ4n) is 3.39. The molecule has 161 valence electrons. The Bertz CT molecular complexity index is 1080. The second-order valence-corrected chi connectivity index (χ2v) is 7.55. The first-order valence-corrected chi connectivity index (χ1v) is 10.2. The van der Waals surface area contributed by atoms with Crippen LogP contribution < -0.4 is 16.0 Å². The summed E-state index contributed by atoms with van der Waals surface area (Å²) in [6.45, 7) is -0.486. The Morgan fingerprint density at radius 2 is 2.06 bits per heavy atom. The van der Waals surface area contributed by atoms with Crippen LogP contribution in [-0.4, -0.2) is 54.7 Å². The molecule has 1 amide bonds. The van der Waals surface area contributed by atoms with E-state index in [0.29, 0.717) is 5.02 Å². The molecule has 0 bridgehead atoms. The molecule has 3 rings (SSSR count). The third-order valence-electron chi connectivity index (χ3n) is 4.94. The molecule has 0 fully saturated rings. The molecule has 1 heterocycles. The number of ketones is 1. The maximum absolute atomic E-state index is 14.8. The van der Waals surface area contributed by atoms with E-state index in [9.17, 15) is 18.8 Å². The van der Waals surface area contributed by atoms with Crippen LogP contribution in [0.4, 0.5) is 10.1 Å². The third-order valence-corrected chi connectivity index (χ3v) is 5.57. The number of carbonyl (C=O) groups is 2. The van der Waals surface area contributed by atoms with E-state index in [0.717, 1.165) is 4.90 Å². The van der Waals surface area contributed by atoms with Gasteiger partial charge in [-0.1, -0.05) is 23.7 Å². The van der Waals surface area contributed by atoms with Crippen molar-refractivity contribution < 1.29 is 18.8 Å². The third kappa shape index (κ3) is 4.01. The van der Waals surface area contributed by atoms with Crippen molar-refractivity contribution in [3.05, 3.63) is 64.4 Å². The highest BCUT2D eigenvalue weighted by molar-refractivity contribution is 7.80. The molecule has 10 heteroatoms. The van der Waals surface area contributed by atoms with Crippen LogP contribution in [0.1, 0.15) is 11.1 Å². The zero-order valence-electron chi connectivity index (χ0n) is 16.4. The molecular weight excluding hydrogens is 443 g/mol. The highest BCUT2D eigenvalue weighted by Gasteiger charge is 2.51. The molecule has 3 N–H and O–H groups in total. The molecule has 0 aromatic heterocycles. The number of halogens is 2. The maximum atomic E-state index is 14.8. The molecule has 2 aromatic carbocycles. The lowest BCUT2D eigenvalue weighted by atomic mass is 9.97. The molecule has 0 spiro atoms. The number of likely N-dealkylation sites (N-methyl/N-ethyl adjacent to an activating group) is 1. The minimum absolute atomic E-state index is 0.00594. The van der Waals surface area contributed by atoms with Gasteiger partial charge in [-0.2, -0.15) is 12.6 Å². The van der Waals surface area contributed by atoms with Gasteiger partial charge in [-0.3, -0.25) is 19.7 Å². The van der Waals surface area contributed by atoms with Crippen LogP contribution in [0.2, 0.25) is 5.02 Å². The molecule has 0 aliphatic carbocycles. The van der Waals surface area contributed by atoms with Crippen LogP contribution in [0, 0.1) is 5.82 Å². The van der Waals surface area contributed by atoms with E-state index in [4.69, 9.17) is 17.3 Å². The predicted octanol–water partition coefficient (Wildman–Crippen LogP) is 1.51. The summed E-state index contributed by atoms with van der Waals surface area (Å²) in [6.07, 6.45) is 1.67. The number of Topliss-reactive ketones (excluding diaryl/α,β-unsaturated/α-hetero) is 1. The van der Waals surface area contributed by atoms with Crippen LogP contribution in [0.3, 0.4) is 0 Å². The van der Waals surface area contributed by atoms with Gasteiger partial charge in [0.15, 0.2) is 0 Å². The number of carbonyl (C=O) groups excluding carboxylic acids is 3. The first-order valence-electron chi connectivity index (χ1n) is 9.22. The molecule has 0 saturated carbocycles. The second kappa shape index (κ2) is 9.27. The minimum Gasteiger partial charge on any atom is -0.321 e. The summed E-state index contributed by atoms with van der Waals surface area (Å²) in [6, 6.07) is 9.14. The van der Waals surface area contributed by atoms with Crippen molar-refractivity contribution >= 4 is 53.6 Å². The SMILES string of the molecule is CNC1(C(=O)C(N)CS)N=C(c2ccccc2F)c2cc(Cl)ccc2N(C[C]=O)C1=O. The van der Waals surface area contributed by atoms with Crippen molar-refractivity contribution in [3.63, 3.8) is 0 Å². The number of benzodiazepines with no additional fused rings is 1. The summed E-state index contributed by atoms with van der Waals surface area (Å²) >= 11 is 10.2. The van der Waals surface area contributed by atoms with Crippen molar-refractivity contribution in [2.75, 3.05) is 24.2 Å². The smallest absolute Gasteiger partial charge is 0.278 e. The number of fused-ring (bicyclic) bond motifs is 1. The summed E-state index contributed by atoms with van der Waals surface area (Å²) in [5.41, 5.74) is 4.23. The molecule has 1 aliphatic heterocycles. The Balaban J connectivity index is 2.44. The first-order chi connectivity index (χ1) is 14.8. The number of nitrogens with zero attached hydrogens (tertiary/aromatic N) is 2. The van der Waals surface area contributed by atoms with Crippen molar-refractivity contribution in [1.82, 2.24) is 5.32 Å². The highest BCUT2D eigenvalue weighted by Crippen LogP contribution is 2.34. The highest BCUT2D eigenvalue weighted by atomic mass is 35.5. The number of hydrogen-bond donors (Lipinski definition) is 3. The topological polar surface area (TPSA) is 105 Å². The Labute approximate surface area is 188 Å². The van der Waals surface area contributed by atoms with E-state index in [-0.39, 0.29) is 28.3 Å². The molecule has 0 saturated heterocycles. The predicted molar refractivity (Wildman–Crippen MR) is 120 cm³/mol. The number of nitrogens with one attached hydrogen (secondary N) is 1. The van der Waals surface area contributed by atoms with E-state index in [2.05, 4.69) is 22.9 Å². The van der Waals surface area contributed by atoms with Gasteiger partial charge in [0.1, 0.15) is 5.82 Å². The van der Waals surface area contributed by atoms with Gasteiger partial charge in [-0.05, 0) is 37.4 Å². The number of benzene rings is 2. The standard InChI is InChI=1S/C21H19ClFN4O3S/c1-25-21(19(29)16(24)11-31)20(30)27(8-9-28)17-7-6-12(22)10-14(17)18(26-21)13-4-2-3-5-15(13)23/h2-7,10,16,25,31H,8,11,24H2,1H3. The summed E-state index contributed by atoms with van der Waals surface area (Å²) in [5.74, 6) is -2.31. The lowest BCUT2D eigenvalue weighted by Crippen LogP contribution is -2.65. The van der Waals surface area contributed by atoms with E-state index < -0.39 is 35.8 Å². The second-order valence-electron chi connectivity index (χ2n) is 6.75. The molecule has 1 aliphatic rings. The lowest BCUT2D eigenvalue weighted by molar-refractivity contribution is -0.136. The molecular formula is C21H19ClFN4O3S.